The smallest absolute Gasteiger partial charge is 0.0372 e. The van der Waals surface area contributed by atoms with Crippen molar-refractivity contribution in [3.63, 3.8) is 0 Å². The summed E-state index contributed by atoms with van der Waals surface area (Å²) in [5.41, 5.74) is 2.74. The van der Waals surface area contributed by atoms with Gasteiger partial charge in [0, 0.05) is 29.5 Å². The SMILES string of the molecule is CC(C)CC(C)N(c1ccc(NC2CCCCC2)cc1)C1CCCCC1. The molecule has 0 aliphatic heterocycles. The van der Waals surface area contributed by atoms with Gasteiger partial charge in [0.1, 0.15) is 0 Å². The van der Waals surface area contributed by atoms with Crippen molar-refractivity contribution in [3.8, 4) is 0 Å². The first kappa shape index (κ1) is 19.6. The molecule has 2 nitrogen and oxygen atoms in total. The Hall–Kier alpha value is -1.18. The van der Waals surface area contributed by atoms with E-state index in [9.17, 15) is 0 Å². The van der Waals surface area contributed by atoms with Crippen LogP contribution in [0.15, 0.2) is 24.3 Å². The molecule has 0 spiro atoms. The van der Waals surface area contributed by atoms with Gasteiger partial charge in [-0.25, -0.2) is 0 Å². The molecule has 0 saturated heterocycles. The maximum absolute atomic E-state index is 3.77. The molecule has 2 saturated carbocycles. The van der Waals surface area contributed by atoms with Crippen LogP contribution < -0.4 is 10.2 Å². The lowest BCUT2D eigenvalue weighted by Gasteiger charge is -2.41. The number of hydrogen-bond donors (Lipinski definition) is 1. The molecule has 26 heavy (non-hydrogen) atoms. The van der Waals surface area contributed by atoms with Gasteiger partial charge in [0.2, 0.25) is 0 Å². The van der Waals surface area contributed by atoms with Crippen molar-refractivity contribution in [1.82, 2.24) is 0 Å². The number of hydrogen-bond acceptors (Lipinski definition) is 2. The minimum absolute atomic E-state index is 0.621. The average molecular weight is 357 g/mol. The van der Waals surface area contributed by atoms with Gasteiger partial charge in [-0.2, -0.15) is 0 Å². The Morgan fingerprint density at radius 3 is 2.00 bits per heavy atom. The van der Waals surface area contributed by atoms with Crippen LogP contribution in [0.4, 0.5) is 11.4 Å². The molecule has 2 heteroatoms. The van der Waals surface area contributed by atoms with Crippen LogP contribution in [0.1, 0.15) is 91.4 Å². The second kappa shape index (κ2) is 9.67. The van der Waals surface area contributed by atoms with E-state index >= 15 is 0 Å². The van der Waals surface area contributed by atoms with Gasteiger partial charge in [-0.15, -0.1) is 0 Å². The Morgan fingerprint density at radius 2 is 1.42 bits per heavy atom. The largest absolute Gasteiger partial charge is 0.382 e. The van der Waals surface area contributed by atoms with Crippen molar-refractivity contribution >= 4 is 11.4 Å². The fraction of sp³-hybridized carbons (Fsp3) is 0.750. The molecule has 0 heterocycles. The van der Waals surface area contributed by atoms with E-state index < -0.39 is 0 Å². The first-order valence-electron chi connectivity index (χ1n) is 11.3. The summed E-state index contributed by atoms with van der Waals surface area (Å²) in [6.07, 6.45) is 15.1. The van der Waals surface area contributed by atoms with Crippen LogP contribution in [0.3, 0.4) is 0 Å². The number of rotatable bonds is 7. The lowest BCUT2D eigenvalue weighted by molar-refractivity contribution is 0.371. The first-order valence-corrected chi connectivity index (χ1v) is 11.3. The molecule has 1 aromatic rings. The molecule has 2 fully saturated rings. The quantitative estimate of drug-likeness (QED) is 0.565. The standard InChI is InChI=1S/C24H40N2/c1-19(2)18-20(3)26(23-12-8-5-9-13-23)24-16-14-22(15-17-24)25-21-10-6-4-7-11-21/h14-17,19-21,23,25H,4-13,18H2,1-3H3. The van der Waals surface area contributed by atoms with Crippen LogP contribution in [-0.4, -0.2) is 18.1 Å². The summed E-state index contributed by atoms with van der Waals surface area (Å²) >= 11 is 0. The summed E-state index contributed by atoms with van der Waals surface area (Å²) in [7, 11) is 0. The molecule has 2 aliphatic rings. The molecule has 3 rings (SSSR count). The third-order valence-corrected chi connectivity index (χ3v) is 6.40. The second-order valence-corrected chi connectivity index (χ2v) is 9.20. The topological polar surface area (TPSA) is 15.3 Å². The highest BCUT2D eigenvalue weighted by Crippen LogP contribution is 2.32. The summed E-state index contributed by atoms with van der Waals surface area (Å²) in [5.74, 6) is 0.753. The van der Waals surface area contributed by atoms with Gasteiger partial charge in [0.05, 0.1) is 0 Å². The van der Waals surface area contributed by atoms with Crippen LogP contribution in [0, 0.1) is 5.92 Å². The minimum Gasteiger partial charge on any atom is -0.382 e. The monoisotopic (exact) mass is 356 g/mol. The summed E-state index contributed by atoms with van der Waals surface area (Å²) in [6, 6.07) is 11.4. The maximum atomic E-state index is 3.77. The van der Waals surface area contributed by atoms with Gasteiger partial charge >= 0.3 is 0 Å². The molecule has 0 amide bonds. The third-order valence-electron chi connectivity index (χ3n) is 6.40. The fourth-order valence-corrected chi connectivity index (χ4v) is 5.19. The lowest BCUT2D eigenvalue weighted by Crippen LogP contribution is -2.43. The Kier molecular flexibility index (Phi) is 7.28. The van der Waals surface area contributed by atoms with Gasteiger partial charge in [-0.05, 0) is 69.2 Å². The molecule has 1 unspecified atom stereocenters. The Bertz CT molecular complexity index is 510. The van der Waals surface area contributed by atoms with Crippen molar-refractivity contribution < 1.29 is 0 Å². The molecule has 146 valence electrons. The lowest BCUT2D eigenvalue weighted by atomic mass is 9.91. The Balaban J connectivity index is 1.70. The highest BCUT2D eigenvalue weighted by Gasteiger charge is 2.26. The summed E-state index contributed by atoms with van der Waals surface area (Å²) in [5, 5.41) is 3.77. The highest BCUT2D eigenvalue weighted by atomic mass is 15.2. The molecular formula is C24H40N2. The van der Waals surface area contributed by atoms with Crippen molar-refractivity contribution in [1.29, 1.82) is 0 Å². The van der Waals surface area contributed by atoms with Crippen LogP contribution in [0.5, 0.6) is 0 Å². The third kappa shape index (κ3) is 5.41. The van der Waals surface area contributed by atoms with Crippen molar-refractivity contribution in [3.05, 3.63) is 24.3 Å². The predicted octanol–water partition coefficient (Wildman–Crippen LogP) is 7.00. The molecule has 1 aromatic carbocycles. The zero-order valence-corrected chi connectivity index (χ0v) is 17.3. The number of nitrogens with one attached hydrogen (secondary N) is 1. The zero-order valence-electron chi connectivity index (χ0n) is 17.3. The number of nitrogens with zero attached hydrogens (tertiary/aromatic N) is 1. The van der Waals surface area contributed by atoms with E-state index in [1.807, 2.05) is 0 Å². The van der Waals surface area contributed by atoms with Crippen molar-refractivity contribution in [2.24, 2.45) is 5.92 Å². The van der Waals surface area contributed by atoms with Crippen LogP contribution >= 0.6 is 0 Å². The van der Waals surface area contributed by atoms with Crippen LogP contribution in [0.25, 0.3) is 0 Å². The van der Waals surface area contributed by atoms with Gasteiger partial charge in [-0.1, -0.05) is 52.4 Å². The van der Waals surface area contributed by atoms with Gasteiger partial charge in [-0.3, -0.25) is 0 Å². The van der Waals surface area contributed by atoms with E-state index in [0.29, 0.717) is 12.1 Å². The fourth-order valence-electron chi connectivity index (χ4n) is 5.19. The molecular weight excluding hydrogens is 316 g/mol. The first-order chi connectivity index (χ1) is 12.6. The Morgan fingerprint density at radius 1 is 0.846 bits per heavy atom. The van der Waals surface area contributed by atoms with Crippen LogP contribution in [0.2, 0.25) is 0 Å². The van der Waals surface area contributed by atoms with E-state index in [-0.39, 0.29) is 0 Å². The molecule has 2 aliphatic carbocycles. The average Bonchev–Trinajstić information content (AvgIpc) is 2.64. The van der Waals surface area contributed by atoms with E-state index in [1.54, 1.807) is 0 Å². The van der Waals surface area contributed by atoms with Gasteiger partial charge < -0.3 is 10.2 Å². The molecule has 0 bridgehead atoms. The number of anilines is 2. The van der Waals surface area contributed by atoms with Gasteiger partial charge in [0.25, 0.3) is 0 Å². The summed E-state index contributed by atoms with van der Waals surface area (Å²) in [4.78, 5) is 2.75. The normalized spacial score (nSPS) is 20.9. The van der Waals surface area contributed by atoms with E-state index in [0.717, 1.165) is 12.0 Å². The minimum atomic E-state index is 0.621. The summed E-state index contributed by atoms with van der Waals surface area (Å²) in [6.45, 7) is 7.14. The highest BCUT2D eigenvalue weighted by molar-refractivity contribution is 5.56. The second-order valence-electron chi connectivity index (χ2n) is 9.20. The molecule has 0 radical (unpaired) electrons. The predicted molar refractivity (Wildman–Crippen MR) is 115 cm³/mol. The molecule has 1 atom stereocenters. The van der Waals surface area contributed by atoms with E-state index in [1.165, 1.54) is 82.0 Å². The van der Waals surface area contributed by atoms with Crippen molar-refractivity contribution in [2.45, 2.75) is 110 Å². The Labute approximate surface area is 161 Å². The van der Waals surface area contributed by atoms with Crippen LogP contribution in [-0.2, 0) is 0 Å². The molecule has 0 aromatic heterocycles. The van der Waals surface area contributed by atoms with E-state index in [2.05, 4.69) is 55.3 Å². The summed E-state index contributed by atoms with van der Waals surface area (Å²) < 4.78 is 0. The van der Waals surface area contributed by atoms with E-state index in [4.69, 9.17) is 0 Å². The van der Waals surface area contributed by atoms with Crippen molar-refractivity contribution in [2.75, 3.05) is 10.2 Å². The zero-order chi connectivity index (χ0) is 18.4. The number of benzene rings is 1. The molecule has 1 N–H and O–H groups in total. The maximum Gasteiger partial charge on any atom is 0.0372 e. The van der Waals surface area contributed by atoms with Gasteiger partial charge in [0.15, 0.2) is 0 Å².